The zero-order chi connectivity index (χ0) is 18.8. The summed E-state index contributed by atoms with van der Waals surface area (Å²) in [5, 5.41) is 12.1. The molecule has 0 saturated carbocycles. The number of aryl methyl sites for hydroxylation is 2. The molecule has 3 aromatic rings. The van der Waals surface area contributed by atoms with Crippen molar-refractivity contribution in [1.29, 1.82) is 0 Å². The number of hydrogen-bond donors (Lipinski definition) is 2. The second-order valence-electron chi connectivity index (χ2n) is 6.94. The Balaban J connectivity index is 1.47. The fourth-order valence-corrected chi connectivity index (χ4v) is 4.51. The lowest BCUT2D eigenvalue weighted by Gasteiger charge is -2.20. The van der Waals surface area contributed by atoms with Crippen LogP contribution in [0.1, 0.15) is 42.5 Å². The summed E-state index contributed by atoms with van der Waals surface area (Å²) in [6, 6.07) is 10.5. The van der Waals surface area contributed by atoms with E-state index >= 15 is 0 Å². The number of rotatable bonds is 5. The van der Waals surface area contributed by atoms with E-state index < -0.39 is 0 Å². The maximum absolute atomic E-state index is 12.6. The van der Waals surface area contributed by atoms with Crippen LogP contribution in [0.4, 0.5) is 0 Å². The molecule has 1 aliphatic carbocycles. The number of aromatic nitrogens is 3. The summed E-state index contributed by atoms with van der Waals surface area (Å²) in [5.74, 6) is 0.627. The van der Waals surface area contributed by atoms with Crippen molar-refractivity contribution in [3.63, 3.8) is 0 Å². The summed E-state index contributed by atoms with van der Waals surface area (Å²) in [7, 11) is 0. The van der Waals surface area contributed by atoms with Gasteiger partial charge in [-0.05, 0) is 73.0 Å². The maximum atomic E-state index is 12.6. The number of benzene rings is 1. The minimum atomic E-state index is -0.0736. The molecule has 1 amide bonds. The van der Waals surface area contributed by atoms with Crippen LogP contribution in [0.15, 0.2) is 35.7 Å². The summed E-state index contributed by atoms with van der Waals surface area (Å²) in [5.41, 5.74) is 4.03. The number of thiophene rings is 1. The van der Waals surface area contributed by atoms with Gasteiger partial charge >= 0.3 is 0 Å². The minimum Gasteiger partial charge on any atom is -0.348 e. The second kappa shape index (κ2) is 7.78. The van der Waals surface area contributed by atoms with Crippen LogP contribution in [0.3, 0.4) is 0 Å². The lowest BCUT2D eigenvalue weighted by molar-refractivity contribution is -0.122. The first kappa shape index (κ1) is 18.1. The molecule has 4 rings (SSSR count). The average molecular weight is 399 g/mol. The predicted octanol–water partition coefficient (Wildman–Crippen LogP) is 4.43. The number of amides is 1. The van der Waals surface area contributed by atoms with Gasteiger partial charge in [0.05, 0.1) is 10.9 Å². The highest BCUT2D eigenvalue weighted by atomic mass is 32.1. The lowest BCUT2D eigenvalue weighted by Crippen LogP contribution is -2.30. The van der Waals surface area contributed by atoms with Crippen LogP contribution in [0.25, 0.3) is 10.7 Å². The summed E-state index contributed by atoms with van der Waals surface area (Å²) >= 11 is 6.88. The van der Waals surface area contributed by atoms with Crippen LogP contribution in [-0.2, 0) is 24.2 Å². The molecular weight excluding hydrogens is 376 g/mol. The third-order valence-electron chi connectivity index (χ3n) is 5.05. The quantitative estimate of drug-likeness (QED) is 0.625. The Bertz CT molecular complexity index is 1000. The van der Waals surface area contributed by atoms with Crippen molar-refractivity contribution < 1.29 is 4.79 Å². The molecule has 1 aliphatic rings. The lowest BCUT2D eigenvalue weighted by atomic mass is 9.89. The zero-order valence-electron chi connectivity index (χ0n) is 15.2. The standard InChI is InChI=1S/C20H22N4OS2/c1-13(15-9-8-14-5-2-3-6-16(14)11-15)21-18(25)12-24-19(22-23-20(24)26)17-7-4-10-27-17/h4,7-11,13H,2-3,5-6,12H2,1H3,(H,21,25)(H,23,26). The largest absolute Gasteiger partial charge is 0.348 e. The molecule has 1 unspecified atom stereocenters. The smallest absolute Gasteiger partial charge is 0.240 e. The Hall–Kier alpha value is -2.25. The number of H-pyrrole nitrogens is 1. The number of fused-ring (bicyclic) bond motifs is 1. The molecule has 2 aromatic heterocycles. The van der Waals surface area contributed by atoms with Crippen LogP contribution in [0, 0.1) is 4.77 Å². The van der Waals surface area contributed by atoms with E-state index in [-0.39, 0.29) is 18.5 Å². The van der Waals surface area contributed by atoms with E-state index in [0.29, 0.717) is 10.6 Å². The Morgan fingerprint density at radius 2 is 2.15 bits per heavy atom. The van der Waals surface area contributed by atoms with E-state index in [1.54, 1.807) is 15.9 Å². The Kier molecular flexibility index (Phi) is 5.22. The molecular formula is C20H22N4OS2. The van der Waals surface area contributed by atoms with Crippen molar-refractivity contribution in [3.05, 3.63) is 57.2 Å². The number of nitrogens with one attached hydrogen (secondary N) is 2. The van der Waals surface area contributed by atoms with Gasteiger partial charge in [-0.2, -0.15) is 5.10 Å². The topological polar surface area (TPSA) is 62.7 Å². The summed E-state index contributed by atoms with van der Waals surface area (Å²) in [6.45, 7) is 2.18. The number of carbonyl (C=O) groups is 1. The van der Waals surface area contributed by atoms with Gasteiger partial charge in [0.15, 0.2) is 10.6 Å². The molecule has 140 valence electrons. The van der Waals surface area contributed by atoms with Gasteiger partial charge in [-0.25, -0.2) is 0 Å². The van der Waals surface area contributed by atoms with E-state index in [2.05, 4.69) is 33.7 Å². The fourth-order valence-electron chi connectivity index (χ4n) is 3.60. The van der Waals surface area contributed by atoms with Crippen molar-refractivity contribution in [2.75, 3.05) is 0 Å². The summed E-state index contributed by atoms with van der Waals surface area (Å²) in [4.78, 5) is 13.6. The highest BCUT2D eigenvalue weighted by Gasteiger charge is 2.17. The predicted molar refractivity (Wildman–Crippen MR) is 110 cm³/mol. The second-order valence-corrected chi connectivity index (χ2v) is 8.27. The monoisotopic (exact) mass is 398 g/mol. The molecule has 0 aliphatic heterocycles. The highest BCUT2D eigenvalue weighted by Crippen LogP contribution is 2.25. The Labute approximate surface area is 167 Å². The maximum Gasteiger partial charge on any atom is 0.240 e. The Morgan fingerprint density at radius 3 is 2.93 bits per heavy atom. The molecule has 0 bridgehead atoms. The minimum absolute atomic E-state index is 0.0454. The molecule has 0 fully saturated rings. The first-order valence-electron chi connectivity index (χ1n) is 9.22. The molecule has 0 radical (unpaired) electrons. The van der Waals surface area contributed by atoms with E-state index in [1.165, 1.54) is 30.4 Å². The van der Waals surface area contributed by atoms with E-state index in [1.807, 2.05) is 24.4 Å². The summed E-state index contributed by atoms with van der Waals surface area (Å²) < 4.78 is 2.20. The number of aromatic amines is 1. The van der Waals surface area contributed by atoms with E-state index in [9.17, 15) is 4.79 Å². The van der Waals surface area contributed by atoms with Gasteiger partial charge in [-0.1, -0.05) is 24.3 Å². The molecule has 2 heterocycles. The van der Waals surface area contributed by atoms with E-state index in [4.69, 9.17) is 12.2 Å². The fraction of sp³-hybridized carbons (Fsp3) is 0.350. The SMILES string of the molecule is CC(NC(=O)Cn1c(-c2cccs2)n[nH]c1=S)c1ccc2c(c1)CCCC2. The van der Waals surface area contributed by atoms with Gasteiger partial charge in [-0.3, -0.25) is 14.5 Å². The average Bonchev–Trinajstić information content (AvgIpc) is 3.32. The molecule has 7 heteroatoms. The molecule has 1 atom stereocenters. The van der Waals surface area contributed by atoms with Crippen LogP contribution < -0.4 is 5.32 Å². The number of nitrogens with zero attached hydrogens (tertiary/aromatic N) is 2. The van der Waals surface area contributed by atoms with Crippen LogP contribution in [0.2, 0.25) is 0 Å². The first-order chi connectivity index (χ1) is 13.1. The molecule has 2 N–H and O–H groups in total. The van der Waals surface area contributed by atoms with Crippen LogP contribution in [0.5, 0.6) is 0 Å². The van der Waals surface area contributed by atoms with Gasteiger partial charge in [-0.15, -0.1) is 11.3 Å². The van der Waals surface area contributed by atoms with Gasteiger partial charge in [0.25, 0.3) is 0 Å². The Morgan fingerprint density at radius 1 is 1.33 bits per heavy atom. The van der Waals surface area contributed by atoms with Crippen molar-refractivity contribution >= 4 is 29.5 Å². The molecule has 0 saturated heterocycles. The molecule has 0 spiro atoms. The van der Waals surface area contributed by atoms with Crippen molar-refractivity contribution in [2.24, 2.45) is 0 Å². The first-order valence-corrected chi connectivity index (χ1v) is 10.5. The highest BCUT2D eigenvalue weighted by molar-refractivity contribution is 7.71. The van der Waals surface area contributed by atoms with Crippen LogP contribution >= 0.6 is 23.6 Å². The molecule has 27 heavy (non-hydrogen) atoms. The van der Waals surface area contributed by atoms with E-state index in [0.717, 1.165) is 16.9 Å². The normalized spacial score (nSPS) is 14.6. The van der Waals surface area contributed by atoms with Crippen LogP contribution in [-0.4, -0.2) is 20.7 Å². The van der Waals surface area contributed by atoms with Crippen molar-refractivity contribution in [1.82, 2.24) is 20.1 Å². The number of hydrogen-bond acceptors (Lipinski definition) is 4. The summed E-state index contributed by atoms with van der Waals surface area (Å²) in [6.07, 6.45) is 4.83. The number of carbonyl (C=O) groups excluding carboxylic acids is 1. The van der Waals surface area contributed by atoms with Gasteiger partial charge in [0.2, 0.25) is 5.91 Å². The third-order valence-corrected chi connectivity index (χ3v) is 6.23. The molecule has 5 nitrogen and oxygen atoms in total. The van der Waals surface area contributed by atoms with Crippen molar-refractivity contribution in [2.45, 2.75) is 45.2 Å². The zero-order valence-corrected chi connectivity index (χ0v) is 16.8. The van der Waals surface area contributed by atoms with Gasteiger partial charge in [0, 0.05) is 0 Å². The van der Waals surface area contributed by atoms with Crippen molar-refractivity contribution in [3.8, 4) is 10.7 Å². The third kappa shape index (κ3) is 3.89. The van der Waals surface area contributed by atoms with Gasteiger partial charge < -0.3 is 5.32 Å². The molecule has 1 aromatic carbocycles. The van der Waals surface area contributed by atoms with Gasteiger partial charge in [0.1, 0.15) is 6.54 Å².